The lowest BCUT2D eigenvalue weighted by atomic mass is 9.96. The fraction of sp³-hybridized carbons (Fsp3) is 0.538. The highest BCUT2D eigenvalue weighted by atomic mass is 19.4. The Labute approximate surface area is 122 Å². The van der Waals surface area contributed by atoms with Crippen LogP contribution in [0.1, 0.15) is 12.8 Å². The summed E-state index contributed by atoms with van der Waals surface area (Å²) in [4.78, 5) is 1.63. The van der Waals surface area contributed by atoms with Crippen molar-refractivity contribution in [3.63, 3.8) is 0 Å². The van der Waals surface area contributed by atoms with Crippen molar-refractivity contribution in [1.82, 2.24) is 0 Å². The van der Waals surface area contributed by atoms with E-state index in [1.165, 1.54) is 6.07 Å². The zero-order chi connectivity index (χ0) is 16.5. The lowest BCUT2D eigenvalue weighted by molar-refractivity contribution is -0.274. The summed E-state index contributed by atoms with van der Waals surface area (Å²) in [5.74, 6) is -1.81. The first-order valence-electron chi connectivity index (χ1n) is 6.53. The van der Waals surface area contributed by atoms with E-state index in [1.807, 2.05) is 0 Å². The Morgan fingerprint density at radius 2 is 1.64 bits per heavy atom. The molecule has 0 aliphatic carbocycles. The van der Waals surface area contributed by atoms with E-state index in [9.17, 15) is 26.3 Å². The Morgan fingerprint density at radius 3 is 2.09 bits per heavy atom. The molecule has 3 nitrogen and oxygen atoms in total. The predicted octanol–water partition coefficient (Wildman–Crippen LogP) is 3.95. The first-order chi connectivity index (χ1) is 10.1. The summed E-state index contributed by atoms with van der Waals surface area (Å²) in [6.07, 6.45) is -9.17. The molecule has 1 aromatic carbocycles. The monoisotopic (exact) mass is 328 g/mol. The highest BCUT2D eigenvalue weighted by Gasteiger charge is 2.41. The average molecular weight is 328 g/mol. The Bertz CT molecular complexity index is 520. The molecule has 1 fully saturated rings. The fourth-order valence-corrected chi connectivity index (χ4v) is 2.47. The van der Waals surface area contributed by atoms with Crippen LogP contribution < -0.4 is 15.4 Å². The van der Waals surface area contributed by atoms with E-state index in [2.05, 4.69) is 4.74 Å². The summed E-state index contributed by atoms with van der Waals surface area (Å²) in [5, 5.41) is 0. The summed E-state index contributed by atoms with van der Waals surface area (Å²) in [5.41, 5.74) is 6.13. The van der Waals surface area contributed by atoms with Crippen molar-refractivity contribution < 1.29 is 31.1 Å². The Morgan fingerprint density at radius 1 is 1.05 bits per heavy atom. The van der Waals surface area contributed by atoms with Gasteiger partial charge in [-0.15, -0.1) is 13.2 Å². The normalized spacial score (nSPS) is 17.6. The van der Waals surface area contributed by atoms with E-state index in [0.29, 0.717) is 5.69 Å². The van der Waals surface area contributed by atoms with Crippen molar-refractivity contribution in [2.45, 2.75) is 25.4 Å². The third-order valence-electron chi connectivity index (χ3n) is 3.53. The fourth-order valence-electron chi connectivity index (χ4n) is 2.47. The van der Waals surface area contributed by atoms with Crippen molar-refractivity contribution >= 4 is 11.4 Å². The van der Waals surface area contributed by atoms with Gasteiger partial charge in [-0.05, 0) is 25.0 Å². The second-order valence-electron chi connectivity index (χ2n) is 5.07. The molecule has 2 rings (SSSR count). The number of rotatable bonds is 2. The lowest BCUT2D eigenvalue weighted by Crippen LogP contribution is -2.39. The number of alkyl halides is 6. The van der Waals surface area contributed by atoms with Gasteiger partial charge in [0, 0.05) is 19.2 Å². The second-order valence-corrected chi connectivity index (χ2v) is 5.07. The molecule has 0 saturated carbocycles. The quantitative estimate of drug-likeness (QED) is 0.660. The molecule has 0 spiro atoms. The number of anilines is 2. The highest BCUT2D eigenvalue weighted by Crippen LogP contribution is 2.37. The van der Waals surface area contributed by atoms with E-state index in [-0.39, 0.29) is 31.6 Å². The molecular weight excluding hydrogens is 314 g/mol. The summed E-state index contributed by atoms with van der Waals surface area (Å²) in [6, 6.07) is 3.43. The summed E-state index contributed by atoms with van der Waals surface area (Å²) < 4.78 is 77.8. The molecule has 1 aliphatic rings. The van der Waals surface area contributed by atoms with E-state index in [4.69, 9.17) is 5.73 Å². The van der Waals surface area contributed by atoms with Crippen LogP contribution in [0.15, 0.2) is 18.2 Å². The van der Waals surface area contributed by atoms with Crippen LogP contribution in [0.3, 0.4) is 0 Å². The van der Waals surface area contributed by atoms with Crippen molar-refractivity contribution in [2.75, 3.05) is 23.7 Å². The van der Waals surface area contributed by atoms with Gasteiger partial charge in [0.2, 0.25) is 0 Å². The predicted molar refractivity (Wildman–Crippen MR) is 68.5 cm³/mol. The van der Waals surface area contributed by atoms with Crippen LogP contribution in [0.5, 0.6) is 5.75 Å². The molecule has 22 heavy (non-hydrogen) atoms. The smallest absolute Gasteiger partial charge is 0.406 e. The molecule has 0 aromatic heterocycles. The van der Waals surface area contributed by atoms with Gasteiger partial charge in [-0.25, -0.2) is 0 Å². The minimum Gasteiger partial charge on any atom is -0.406 e. The van der Waals surface area contributed by atoms with E-state index in [0.717, 1.165) is 12.1 Å². The number of halogens is 6. The van der Waals surface area contributed by atoms with Gasteiger partial charge in [0.05, 0.1) is 17.3 Å². The summed E-state index contributed by atoms with van der Waals surface area (Å²) >= 11 is 0. The van der Waals surface area contributed by atoms with Crippen LogP contribution in [0.4, 0.5) is 37.7 Å². The van der Waals surface area contributed by atoms with Gasteiger partial charge in [-0.2, -0.15) is 13.2 Å². The first-order valence-corrected chi connectivity index (χ1v) is 6.53. The van der Waals surface area contributed by atoms with Crippen molar-refractivity contribution in [1.29, 1.82) is 0 Å². The summed E-state index contributed by atoms with van der Waals surface area (Å²) in [6.45, 7) is 0.293. The molecule has 124 valence electrons. The molecule has 1 aromatic rings. The highest BCUT2D eigenvalue weighted by molar-refractivity contribution is 5.69. The van der Waals surface area contributed by atoms with E-state index in [1.54, 1.807) is 4.90 Å². The Balaban J connectivity index is 2.05. The topological polar surface area (TPSA) is 38.5 Å². The maximum Gasteiger partial charge on any atom is 0.573 e. The van der Waals surface area contributed by atoms with E-state index >= 15 is 0 Å². The number of nitrogens with two attached hydrogens (primary N) is 1. The zero-order valence-corrected chi connectivity index (χ0v) is 11.3. The SMILES string of the molecule is Nc1cc(OC(F)(F)F)ccc1N1CCC(C(F)(F)F)CC1. The van der Waals surface area contributed by atoms with Gasteiger partial charge in [0.1, 0.15) is 5.75 Å². The average Bonchev–Trinajstić information content (AvgIpc) is 2.36. The van der Waals surface area contributed by atoms with Gasteiger partial charge in [-0.3, -0.25) is 0 Å². The van der Waals surface area contributed by atoms with Crippen molar-refractivity contribution in [3.05, 3.63) is 18.2 Å². The molecule has 0 atom stereocenters. The van der Waals surface area contributed by atoms with Crippen LogP contribution in [0, 0.1) is 5.92 Å². The van der Waals surface area contributed by atoms with Gasteiger partial charge < -0.3 is 15.4 Å². The number of nitrogen functional groups attached to an aromatic ring is 1. The molecular formula is C13H14F6N2O. The number of piperidine rings is 1. The summed E-state index contributed by atoms with van der Waals surface area (Å²) in [7, 11) is 0. The number of ether oxygens (including phenoxy) is 1. The molecule has 0 bridgehead atoms. The third-order valence-corrected chi connectivity index (χ3v) is 3.53. The standard InChI is InChI=1S/C13H14F6N2O/c14-12(15,16)8-3-5-21(6-4-8)11-2-1-9(7-10(11)20)22-13(17,18)19/h1-2,7-8H,3-6,20H2. The third kappa shape index (κ3) is 4.11. The zero-order valence-electron chi connectivity index (χ0n) is 11.3. The van der Waals surface area contributed by atoms with Gasteiger partial charge in [-0.1, -0.05) is 0 Å². The molecule has 0 radical (unpaired) electrons. The maximum absolute atomic E-state index is 12.6. The number of nitrogens with zero attached hydrogens (tertiary/aromatic N) is 1. The van der Waals surface area contributed by atoms with Crippen molar-refractivity contribution in [3.8, 4) is 5.75 Å². The van der Waals surface area contributed by atoms with E-state index < -0.39 is 24.2 Å². The van der Waals surface area contributed by atoms with Crippen molar-refractivity contribution in [2.24, 2.45) is 5.92 Å². The number of benzene rings is 1. The molecule has 0 unspecified atom stereocenters. The van der Waals surface area contributed by atoms with Gasteiger partial charge >= 0.3 is 12.5 Å². The molecule has 2 N–H and O–H groups in total. The van der Waals surface area contributed by atoms with Crippen LogP contribution >= 0.6 is 0 Å². The maximum atomic E-state index is 12.6. The van der Waals surface area contributed by atoms with Crippen LogP contribution in [0.25, 0.3) is 0 Å². The minimum atomic E-state index is -4.82. The Hall–Kier alpha value is -1.80. The second kappa shape index (κ2) is 5.77. The number of hydrogen-bond donors (Lipinski definition) is 1. The molecule has 0 amide bonds. The lowest BCUT2D eigenvalue weighted by Gasteiger charge is -2.35. The minimum absolute atomic E-state index is 0.0345. The number of hydrogen-bond acceptors (Lipinski definition) is 3. The first kappa shape index (κ1) is 16.6. The van der Waals surface area contributed by atoms with Crippen LogP contribution in [-0.4, -0.2) is 25.6 Å². The molecule has 9 heteroatoms. The van der Waals surface area contributed by atoms with Gasteiger partial charge in [0.25, 0.3) is 0 Å². The Kier molecular flexibility index (Phi) is 4.35. The molecule has 1 saturated heterocycles. The van der Waals surface area contributed by atoms with Crippen LogP contribution in [-0.2, 0) is 0 Å². The van der Waals surface area contributed by atoms with Gasteiger partial charge in [0.15, 0.2) is 0 Å². The molecule has 1 aliphatic heterocycles. The molecule has 1 heterocycles. The van der Waals surface area contributed by atoms with Crippen LogP contribution in [0.2, 0.25) is 0 Å². The largest absolute Gasteiger partial charge is 0.573 e.